The Morgan fingerprint density at radius 1 is 0.720 bits per heavy atom. The molecule has 6 nitrogen and oxygen atoms in total. The highest BCUT2D eigenvalue weighted by molar-refractivity contribution is 7.79. The molecule has 3 rings (SSSR count). The van der Waals surface area contributed by atoms with Crippen LogP contribution in [0.2, 0.25) is 0 Å². The molecule has 0 spiro atoms. The summed E-state index contributed by atoms with van der Waals surface area (Å²) in [5, 5.41) is 0. The van der Waals surface area contributed by atoms with Crippen LogP contribution in [0, 0.1) is 0 Å². The van der Waals surface area contributed by atoms with E-state index in [1.165, 1.54) is 6.07 Å². The van der Waals surface area contributed by atoms with Gasteiger partial charge >= 0.3 is 0 Å². The number of rotatable bonds is 5. The average molecular weight is 355 g/mol. The van der Waals surface area contributed by atoms with Crippen LogP contribution >= 0.6 is 0 Å². The van der Waals surface area contributed by atoms with Crippen molar-refractivity contribution in [3.05, 3.63) is 66.7 Å². The quantitative estimate of drug-likeness (QED) is 0.533. The summed E-state index contributed by atoms with van der Waals surface area (Å²) in [4.78, 5) is -0.0461. The number of hydrogen-bond acceptors (Lipinski definition) is 6. The topological polar surface area (TPSA) is 111 Å². The standard InChI is InChI=1S/C18H16N2O4S/c19-12-6-1-3-8-14(12)23-16-10-5-11-17(25(21)22)18(16)24-15-9-4-2-7-13(15)20/h1-11H,19-20H2,(H,21,22)/p-1. The molecule has 0 fully saturated rings. The zero-order valence-corrected chi connectivity index (χ0v) is 13.9. The van der Waals surface area contributed by atoms with Gasteiger partial charge in [-0.15, -0.1) is 0 Å². The molecule has 4 N–H and O–H groups in total. The molecular formula is C18H15N2O4S-. The van der Waals surface area contributed by atoms with Gasteiger partial charge in [0.05, 0.1) is 16.3 Å². The minimum absolute atomic E-state index is 0.0389. The lowest BCUT2D eigenvalue weighted by Gasteiger charge is -2.18. The van der Waals surface area contributed by atoms with E-state index in [2.05, 4.69) is 0 Å². The second-order valence-corrected chi connectivity index (χ2v) is 6.01. The van der Waals surface area contributed by atoms with Crippen molar-refractivity contribution in [2.75, 3.05) is 11.5 Å². The van der Waals surface area contributed by atoms with E-state index in [-0.39, 0.29) is 16.4 Å². The number of nitrogens with two attached hydrogens (primary N) is 2. The Morgan fingerprint density at radius 2 is 1.24 bits per heavy atom. The molecule has 3 aromatic carbocycles. The van der Waals surface area contributed by atoms with E-state index < -0.39 is 11.1 Å². The average Bonchev–Trinajstić information content (AvgIpc) is 2.60. The van der Waals surface area contributed by atoms with Crippen molar-refractivity contribution in [1.82, 2.24) is 0 Å². The summed E-state index contributed by atoms with van der Waals surface area (Å²) in [5.74, 6) is 0.966. The monoisotopic (exact) mass is 355 g/mol. The molecule has 1 atom stereocenters. The van der Waals surface area contributed by atoms with Crippen LogP contribution in [0.3, 0.4) is 0 Å². The van der Waals surface area contributed by atoms with Gasteiger partial charge in [-0.25, -0.2) is 0 Å². The normalized spacial score (nSPS) is 11.7. The maximum Gasteiger partial charge on any atom is 0.184 e. The molecule has 0 bridgehead atoms. The maximum absolute atomic E-state index is 11.6. The van der Waals surface area contributed by atoms with Crippen LogP contribution in [-0.2, 0) is 11.1 Å². The number of anilines is 2. The minimum Gasteiger partial charge on any atom is -0.768 e. The molecule has 0 radical (unpaired) electrons. The highest BCUT2D eigenvalue weighted by atomic mass is 32.2. The SMILES string of the molecule is Nc1ccccc1Oc1cccc(S(=O)[O-])c1Oc1ccccc1N. The van der Waals surface area contributed by atoms with Gasteiger partial charge in [-0.05, 0) is 47.5 Å². The van der Waals surface area contributed by atoms with Gasteiger partial charge in [-0.2, -0.15) is 0 Å². The Morgan fingerprint density at radius 3 is 1.80 bits per heavy atom. The fourth-order valence-corrected chi connectivity index (χ4v) is 2.67. The van der Waals surface area contributed by atoms with Crippen LogP contribution in [0.5, 0.6) is 23.0 Å². The molecule has 0 amide bonds. The van der Waals surface area contributed by atoms with Gasteiger partial charge in [0, 0.05) is 0 Å². The highest BCUT2D eigenvalue weighted by Gasteiger charge is 2.16. The van der Waals surface area contributed by atoms with Gasteiger partial charge in [-0.1, -0.05) is 30.3 Å². The van der Waals surface area contributed by atoms with Crippen LogP contribution in [0.25, 0.3) is 0 Å². The molecule has 0 aliphatic rings. The van der Waals surface area contributed by atoms with Gasteiger partial charge in [-0.3, -0.25) is 4.21 Å². The molecule has 0 aromatic heterocycles. The molecule has 3 aromatic rings. The second kappa shape index (κ2) is 7.25. The number of hydrogen-bond donors (Lipinski definition) is 2. The molecule has 128 valence electrons. The molecule has 0 aliphatic heterocycles. The lowest BCUT2D eigenvalue weighted by molar-refractivity contribution is 0.409. The first-order chi connectivity index (χ1) is 12.1. The number of nitrogen functional groups attached to an aromatic ring is 2. The fraction of sp³-hybridized carbons (Fsp3) is 0. The van der Waals surface area contributed by atoms with Crippen molar-refractivity contribution in [3.8, 4) is 23.0 Å². The molecule has 0 saturated carbocycles. The summed E-state index contributed by atoms with van der Waals surface area (Å²) in [6, 6.07) is 18.2. The van der Waals surface area contributed by atoms with Gasteiger partial charge in [0.2, 0.25) is 0 Å². The van der Waals surface area contributed by atoms with E-state index in [4.69, 9.17) is 20.9 Å². The van der Waals surface area contributed by atoms with E-state index >= 15 is 0 Å². The van der Waals surface area contributed by atoms with Gasteiger partial charge in [0.1, 0.15) is 0 Å². The zero-order chi connectivity index (χ0) is 17.8. The van der Waals surface area contributed by atoms with E-state index in [0.717, 1.165) is 0 Å². The summed E-state index contributed by atoms with van der Waals surface area (Å²) in [6.45, 7) is 0. The molecule has 0 heterocycles. The van der Waals surface area contributed by atoms with Crippen LogP contribution < -0.4 is 20.9 Å². The lowest BCUT2D eigenvalue weighted by Crippen LogP contribution is -2.00. The van der Waals surface area contributed by atoms with Crippen molar-refractivity contribution >= 4 is 22.5 Å². The third-order valence-corrected chi connectivity index (χ3v) is 4.07. The Hall–Kier alpha value is -3.03. The Bertz CT molecular complexity index is 930. The first-order valence-corrected chi connectivity index (χ1v) is 8.40. The Labute approximate surface area is 147 Å². The van der Waals surface area contributed by atoms with Crippen molar-refractivity contribution in [3.63, 3.8) is 0 Å². The summed E-state index contributed by atoms with van der Waals surface area (Å²) in [6.07, 6.45) is 0. The molecule has 25 heavy (non-hydrogen) atoms. The van der Waals surface area contributed by atoms with Gasteiger partial charge in [0.15, 0.2) is 23.0 Å². The van der Waals surface area contributed by atoms with Gasteiger partial charge in [0.25, 0.3) is 0 Å². The smallest absolute Gasteiger partial charge is 0.184 e. The van der Waals surface area contributed by atoms with Crippen LogP contribution in [0.4, 0.5) is 11.4 Å². The lowest BCUT2D eigenvalue weighted by atomic mass is 10.2. The van der Waals surface area contributed by atoms with E-state index in [1.807, 2.05) is 0 Å². The molecule has 0 saturated heterocycles. The third-order valence-electron chi connectivity index (χ3n) is 3.39. The zero-order valence-electron chi connectivity index (χ0n) is 13.0. The first kappa shape index (κ1) is 16.8. The number of benzene rings is 3. The Balaban J connectivity index is 2.06. The third kappa shape index (κ3) is 3.73. The first-order valence-electron chi connectivity index (χ1n) is 7.33. The van der Waals surface area contributed by atoms with E-state index in [9.17, 15) is 8.76 Å². The van der Waals surface area contributed by atoms with Crippen LogP contribution in [0.15, 0.2) is 71.6 Å². The number of ether oxygens (including phenoxy) is 2. The molecular weight excluding hydrogens is 340 g/mol. The van der Waals surface area contributed by atoms with E-state index in [0.29, 0.717) is 22.9 Å². The van der Waals surface area contributed by atoms with Gasteiger partial charge < -0.3 is 25.5 Å². The predicted molar refractivity (Wildman–Crippen MR) is 95.5 cm³/mol. The predicted octanol–water partition coefficient (Wildman–Crippen LogP) is 3.67. The second-order valence-electron chi connectivity index (χ2n) is 5.10. The largest absolute Gasteiger partial charge is 0.768 e. The summed E-state index contributed by atoms with van der Waals surface area (Å²) in [5.41, 5.74) is 12.6. The Kier molecular flexibility index (Phi) is 4.87. The summed E-state index contributed by atoms with van der Waals surface area (Å²) < 4.78 is 34.7. The van der Waals surface area contributed by atoms with Crippen molar-refractivity contribution < 1.29 is 18.2 Å². The maximum atomic E-state index is 11.6. The number of para-hydroxylation sites is 5. The van der Waals surface area contributed by atoms with Crippen LogP contribution in [0.1, 0.15) is 0 Å². The van der Waals surface area contributed by atoms with Crippen molar-refractivity contribution in [1.29, 1.82) is 0 Å². The van der Waals surface area contributed by atoms with Crippen molar-refractivity contribution in [2.45, 2.75) is 4.90 Å². The van der Waals surface area contributed by atoms with Crippen molar-refractivity contribution in [2.24, 2.45) is 0 Å². The highest BCUT2D eigenvalue weighted by Crippen LogP contribution is 2.41. The van der Waals surface area contributed by atoms with Crippen LogP contribution in [-0.4, -0.2) is 8.76 Å². The molecule has 0 aliphatic carbocycles. The molecule has 1 unspecified atom stereocenters. The minimum atomic E-state index is -2.52. The summed E-state index contributed by atoms with van der Waals surface area (Å²) in [7, 11) is 0. The fourth-order valence-electron chi connectivity index (χ4n) is 2.18. The van der Waals surface area contributed by atoms with E-state index in [1.54, 1.807) is 60.7 Å². The summed E-state index contributed by atoms with van der Waals surface area (Å²) >= 11 is -2.52. The molecule has 7 heteroatoms.